The molecule has 0 spiro atoms. The van der Waals surface area contributed by atoms with E-state index in [9.17, 15) is 4.79 Å². The predicted molar refractivity (Wildman–Crippen MR) is 126 cm³/mol. The van der Waals surface area contributed by atoms with Gasteiger partial charge in [0.1, 0.15) is 16.3 Å². The number of likely N-dealkylation sites (N-methyl/N-ethyl adjacent to an activating group) is 1. The molecule has 4 nitrogen and oxygen atoms in total. The standard InChI is InChI=1S/C23H23FN2O2S.ClH/c1-12-9-18(28-4)19(14-5-6-15(17(24)10-14)13(2)11-25-3)20-16-7-8-29-22(16)23(27)26-21(12)20;/h5-10,13,25H,11H2,1-4H3,(H,26,27);1H/t13-;/m0./s1. The van der Waals surface area contributed by atoms with Crippen LogP contribution >= 0.6 is 23.7 Å². The smallest absolute Gasteiger partial charge is 0.266 e. The molecule has 7 heteroatoms. The number of aromatic nitrogens is 1. The third kappa shape index (κ3) is 3.60. The van der Waals surface area contributed by atoms with Crippen molar-refractivity contribution in [3.63, 3.8) is 0 Å². The quantitative estimate of drug-likeness (QED) is 0.419. The van der Waals surface area contributed by atoms with Crippen LogP contribution in [0.15, 0.2) is 40.5 Å². The van der Waals surface area contributed by atoms with Gasteiger partial charge in [-0.05, 0) is 60.2 Å². The van der Waals surface area contributed by atoms with Crippen LogP contribution in [0.3, 0.4) is 0 Å². The van der Waals surface area contributed by atoms with Gasteiger partial charge in [-0.1, -0.05) is 19.1 Å². The Hall–Kier alpha value is -2.41. The van der Waals surface area contributed by atoms with Crippen molar-refractivity contribution in [2.45, 2.75) is 19.8 Å². The average Bonchev–Trinajstić information content (AvgIpc) is 3.19. The minimum atomic E-state index is -0.244. The maximum atomic E-state index is 15.0. The van der Waals surface area contributed by atoms with Crippen LogP contribution in [0.5, 0.6) is 5.75 Å². The first-order chi connectivity index (χ1) is 14.0. The largest absolute Gasteiger partial charge is 0.496 e. The first-order valence-corrected chi connectivity index (χ1v) is 10.4. The second-order valence-electron chi connectivity index (χ2n) is 7.33. The van der Waals surface area contributed by atoms with E-state index < -0.39 is 0 Å². The molecule has 4 rings (SSSR count). The van der Waals surface area contributed by atoms with Crippen molar-refractivity contribution in [2.75, 3.05) is 20.7 Å². The number of rotatable bonds is 5. The third-order valence-corrected chi connectivity index (χ3v) is 6.33. The number of hydrogen-bond acceptors (Lipinski definition) is 4. The van der Waals surface area contributed by atoms with E-state index in [-0.39, 0.29) is 29.7 Å². The van der Waals surface area contributed by atoms with Gasteiger partial charge in [0.25, 0.3) is 5.56 Å². The number of benzene rings is 2. The zero-order valence-corrected chi connectivity index (χ0v) is 18.9. The summed E-state index contributed by atoms with van der Waals surface area (Å²) in [6, 6.07) is 9.17. The number of fused-ring (bicyclic) bond motifs is 3. The first kappa shape index (κ1) is 22.3. The van der Waals surface area contributed by atoms with Crippen LogP contribution in [0.1, 0.15) is 24.0 Å². The van der Waals surface area contributed by atoms with Gasteiger partial charge < -0.3 is 15.0 Å². The van der Waals surface area contributed by atoms with Crippen LogP contribution in [0.25, 0.3) is 32.1 Å². The average molecular weight is 447 g/mol. The highest BCUT2D eigenvalue weighted by atomic mass is 35.5. The summed E-state index contributed by atoms with van der Waals surface area (Å²) < 4.78 is 21.4. The number of aryl methyl sites for hydroxylation is 1. The van der Waals surface area contributed by atoms with Gasteiger partial charge in [0.2, 0.25) is 0 Å². The fourth-order valence-corrected chi connectivity index (χ4v) is 4.81. The van der Waals surface area contributed by atoms with Crippen LogP contribution in [0, 0.1) is 12.7 Å². The maximum Gasteiger partial charge on any atom is 0.266 e. The molecule has 0 aliphatic carbocycles. The van der Waals surface area contributed by atoms with Crippen molar-refractivity contribution in [1.82, 2.24) is 10.3 Å². The van der Waals surface area contributed by atoms with Gasteiger partial charge in [0.15, 0.2) is 0 Å². The van der Waals surface area contributed by atoms with Crippen molar-refractivity contribution >= 4 is 44.7 Å². The van der Waals surface area contributed by atoms with Gasteiger partial charge in [0.05, 0.1) is 12.6 Å². The molecule has 0 unspecified atom stereocenters. The molecule has 0 saturated carbocycles. The van der Waals surface area contributed by atoms with Crippen LogP contribution < -0.4 is 15.6 Å². The summed E-state index contributed by atoms with van der Waals surface area (Å²) in [5, 5.41) is 6.74. The Kier molecular flexibility index (Phi) is 6.50. The van der Waals surface area contributed by atoms with Crippen LogP contribution in [-0.4, -0.2) is 25.7 Å². The fourth-order valence-electron chi connectivity index (χ4n) is 4.02. The summed E-state index contributed by atoms with van der Waals surface area (Å²) in [5.41, 5.74) is 3.75. The Bertz CT molecular complexity index is 1280. The monoisotopic (exact) mass is 446 g/mol. The number of thiophene rings is 1. The van der Waals surface area contributed by atoms with E-state index >= 15 is 4.39 Å². The van der Waals surface area contributed by atoms with Gasteiger partial charge in [-0.15, -0.1) is 23.7 Å². The molecule has 1 atom stereocenters. The molecule has 0 radical (unpaired) electrons. The topological polar surface area (TPSA) is 54.1 Å². The molecule has 4 aromatic rings. The van der Waals surface area contributed by atoms with E-state index in [1.54, 1.807) is 13.2 Å². The summed E-state index contributed by atoms with van der Waals surface area (Å²) in [4.78, 5) is 15.5. The van der Waals surface area contributed by atoms with Crippen molar-refractivity contribution in [3.05, 3.63) is 63.0 Å². The summed E-state index contributed by atoms with van der Waals surface area (Å²) in [5.74, 6) is 0.475. The summed E-state index contributed by atoms with van der Waals surface area (Å²) in [6.45, 7) is 4.63. The zero-order valence-electron chi connectivity index (χ0n) is 17.3. The Morgan fingerprint density at radius 2 is 2.03 bits per heavy atom. The molecule has 0 bridgehead atoms. The zero-order chi connectivity index (χ0) is 20.7. The van der Waals surface area contributed by atoms with E-state index in [1.807, 2.05) is 50.5 Å². The molecular weight excluding hydrogens is 423 g/mol. The molecule has 2 aromatic heterocycles. The SMILES string of the molecule is CNC[C@H](C)c1ccc(-c2c(OC)cc(C)c3[nH]c(=O)c4sccc4c23)cc1F.Cl. The number of methoxy groups -OCH3 is 1. The van der Waals surface area contributed by atoms with Gasteiger partial charge in [0, 0.05) is 22.9 Å². The number of ether oxygens (including phenoxy) is 1. The number of nitrogens with one attached hydrogen (secondary N) is 2. The van der Waals surface area contributed by atoms with Crippen LogP contribution in [0.2, 0.25) is 0 Å². The lowest BCUT2D eigenvalue weighted by atomic mass is 9.92. The van der Waals surface area contributed by atoms with E-state index in [0.717, 1.165) is 33.0 Å². The third-order valence-electron chi connectivity index (χ3n) is 5.42. The van der Waals surface area contributed by atoms with Crippen LogP contribution in [0.4, 0.5) is 4.39 Å². The first-order valence-electron chi connectivity index (χ1n) is 9.51. The summed E-state index contributed by atoms with van der Waals surface area (Å²) in [7, 11) is 3.47. The number of halogens is 2. The van der Waals surface area contributed by atoms with Crippen molar-refractivity contribution in [3.8, 4) is 16.9 Å². The van der Waals surface area contributed by atoms with Crippen molar-refractivity contribution in [2.24, 2.45) is 0 Å². The van der Waals surface area contributed by atoms with E-state index in [0.29, 0.717) is 22.6 Å². The number of pyridine rings is 1. The summed E-state index contributed by atoms with van der Waals surface area (Å²) >= 11 is 1.40. The summed E-state index contributed by atoms with van der Waals surface area (Å²) in [6.07, 6.45) is 0. The van der Waals surface area contributed by atoms with E-state index in [2.05, 4.69) is 10.3 Å². The Morgan fingerprint density at radius 3 is 2.70 bits per heavy atom. The molecule has 0 amide bonds. The lowest BCUT2D eigenvalue weighted by Crippen LogP contribution is -2.15. The Balaban J connectivity index is 0.00000256. The van der Waals surface area contributed by atoms with Crippen molar-refractivity contribution in [1.29, 1.82) is 0 Å². The highest BCUT2D eigenvalue weighted by Crippen LogP contribution is 2.42. The lowest BCUT2D eigenvalue weighted by Gasteiger charge is -2.17. The predicted octanol–water partition coefficient (Wildman–Crippen LogP) is 5.61. The molecular formula is C23H24ClFN2O2S. The van der Waals surface area contributed by atoms with E-state index in [1.165, 1.54) is 11.3 Å². The number of aromatic amines is 1. The highest BCUT2D eigenvalue weighted by Gasteiger charge is 2.20. The molecule has 2 N–H and O–H groups in total. The minimum absolute atomic E-state index is 0. The molecule has 0 aliphatic rings. The molecule has 0 fully saturated rings. The second-order valence-corrected chi connectivity index (χ2v) is 8.25. The Labute approximate surface area is 184 Å². The highest BCUT2D eigenvalue weighted by molar-refractivity contribution is 7.17. The minimum Gasteiger partial charge on any atom is -0.496 e. The maximum absolute atomic E-state index is 15.0. The van der Waals surface area contributed by atoms with Gasteiger partial charge >= 0.3 is 0 Å². The number of H-pyrrole nitrogens is 1. The van der Waals surface area contributed by atoms with Gasteiger partial charge in [-0.3, -0.25) is 4.79 Å². The normalized spacial score (nSPS) is 12.2. The number of hydrogen-bond donors (Lipinski definition) is 2. The van der Waals surface area contributed by atoms with E-state index in [4.69, 9.17) is 4.74 Å². The van der Waals surface area contributed by atoms with Crippen molar-refractivity contribution < 1.29 is 9.13 Å². The molecule has 158 valence electrons. The van der Waals surface area contributed by atoms with Crippen LogP contribution in [-0.2, 0) is 0 Å². The van der Waals surface area contributed by atoms with Gasteiger partial charge in [-0.25, -0.2) is 4.39 Å². The van der Waals surface area contributed by atoms with Gasteiger partial charge in [-0.2, -0.15) is 0 Å². The fraction of sp³-hybridized carbons (Fsp3) is 0.261. The molecule has 0 aliphatic heterocycles. The molecule has 30 heavy (non-hydrogen) atoms. The molecule has 0 saturated heterocycles. The molecule has 2 aromatic carbocycles. The second kappa shape index (κ2) is 8.76. The Morgan fingerprint density at radius 1 is 1.27 bits per heavy atom. The lowest BCUT2D eigenvalue weighted by molar-refractivity contribution is 0.416. The molecule has 2 heterocycles.